The Balaban J connectivity index is 2.49. The number of anilines is 1. The summed E-state index contributed by atoms with van der Waals surface area (Å²) in [5, 5.41) is 2.79. The molecule has 0 aromatic heterocycles. The molecular weight excluding hydrogens is 322 g/mol. The Hall–Kier alpha value is -1.36. The number of ether oxygens (including phenoxy) is 1. The molecule has 1 aromatic rings. The van der Waals surface area contributed by atoms with E-state index in [2.05, 4.69) is 21.2 Å². The van der Waals surface area contributed by atoms with Gasteiger partial charge >= 0.3 is 5.97 Å². The van der Waals surface area contributed by atoms with Gasteiger partial charge in [0.05, 0.1) is 6.42 Å². The van der Waals surface area contributed by atoms with E-state index in [-0.39, 0.29) is 24.7 Å². The van der Waals surface area contributed by atoms with Crippen molar-refractivity contribution in [3.8, 4) is 0 Å². The molecule has 0 radical (unpaired) electrons. The van der Waals surface area contributed by atoms with Crippen molar-refractivity contribution in [2.24, 2.45) is 0 Å². The van der Waals surface area contributed by atoms with Crippen LogP contribution in [0.15, 0.2) is 22.7 Å². The summed E-state index contributed by atoms with van der Waals surface area (Å²) in [7, 11) is 0. The van der Waals surface area contributed by atoms with Crippen LogP contribution in [0, 0.1) is 6.92 Å². The maximum Gasteiger partial charge on any atom is 0.306 e. The summed E-state index contributed by atoms with van der Waals surface area (Å²) in [4.78, 5) is 23.3. The minimum atomic E-state index is -0.519. The van der Waals surface area contributed by atoms with Gasteiger partial charge in [-0.3, -0.25) is 9.59 Å². The normalized spacial score (nSPS) is 11.1. The molecule has 4 nitrogen and oxygen atoms in total. The summed E-state index contributed by atoms with van der Waals surface area (Å²) in [6.45, 7) is 7.31. The van der Waals surface area contributed by atoms with Gasteiger partial charge in [0.1, 0.15) is 5.60 Å². The highest BCUT2D eigenvalue weighted by atomic mass is 79.9. The first-order chi connectivity index (χ1) is 9.19. The van der Waals surface area contributed by atoms with Gasteiger partial charge in [0.2, 0.25) is 5.91 Å². The van der Waals surface area contributed by atoms with Crippen LogP contribution in [0.25, 0.3) is 0 Å². The van der Waals surface area contributed by atoms with E-state index in [1.54, 1.807) is 20.8 Å². The molecular formula is C15H20BrNO3. The quantitative estimate of drug-likeness (QED) is 0.847. The predicted octanol–water partition coefficient (Wildman–Crippen LogP) is 3.82. The second-order valence-corrected chi connectivity index (χ2v) is 6.40. The van der Waals surface area contributed by atoms with Gasteiger partial charge in [0.15, 0.2) is 0 Å². The lowest BCUT2D eigenvalue weighted by molar-refractivity contribution is -0.155. The fraction of sp³-hybridized carbons (Fsp3) is 0.467. The van der Waals surface area contributed by atoms with Crippen molar-refractivity contribution in [3.05, 3.63) is 28.2 Å². The third kappa shape index (κ3) is 5.74. The zero-order chi connectivity index (χ0) is 15.3. The van der Waals surface area contributed by atoms with Crippen molar-refractivity contribution in [1.82, 2.24) is 0 Å². The third-order valence-corrected chi connectivity index (χ3v) is 3.38. The molecule has 1 aromatic carbocycles. The molecule has 0 aliphatic heterocycles. The maximum atomic E-state index is 11.8. The van der Waals surface area contributed by atoms with Crippen molar-refractivity contribution in [2.75, 3.05) is 5.32 Å². The van der Waals surface area contributed by atoms with Gasteiger partial charge in [-0.05, 0) is 45.4 Å². The van der Waals surface area contributed by atoms with Crippen LogP contribution in [0.2, 0.25) is 0 Å². The van der Waals surface area contributed by atoms with Gasteiger partial charge in [0, 0.05) is 16.6 Å². The average Bonchev–Trinajstić information content (AvgIpc) is 2.30. The van der Waals surface area contributed by atoms with Gasteiger partial charge in [-0.2, -0.15) is 0 Å². The van der Waals surface area contributed by atoms with E-state index in [0.29, 0.717) is 0 Å². The number of rotatable bonds is 4. The molecule has 0 aliphatic carbocycles. The molecule has 0 bridgehead atoms. The Bertz CT molecular complexity index is 506. The summed E-state index contributed by atoms with van der Waals surface area (Å²) >= 11 is 3.41. The Morgan fingerprint density at radius 2 is 1.90 bits per heavy atom. The van der Waals surface area contributed by atoms with Crippen LogP contribution in [0.4, 0.5) is 5.69 Å². The van der Waals surface area contributed by atoms with E-state index in [1.165, 1.54) is 0 Å². The van der Waals surface area contributed by atoms with Crippen LogP contribution in [-0.4, -0.2) is 17.5 Å². The molecule has 20 heavy (non-hydrogen) atoms. The largest absolute Gasteiger partial charge is 0.460 e. The van der Waals surface area contributed by atoms with E-state index in [1.807, 2.05) is 25.1 Å². The number of benzene rings is 1. The summed E-state index contributed by atoms with van der Waals surface area (Å²) in [5.74, 6) is -0.560. The molecule has 110 valence electrons. The number of nitrogens with one attached hydrogen (secondary N) is 1. The zero-order valence-electron chi connectivity index (χ0n) is 12.2. The minimum absolute atomic E-state index is 0.0795. The van der Waals surface area contributed by atoms with E-state index >= 15 is 0 Å². The highest BCUT2D eigenvalue weighted by Crippen LogP contribution is 2.23. The fourth-order valence-electron chi connectivity index (χ4n) is 1.56. The molecule has 1 amide bonds. The van der Waals surface area contributed by atoms with Crippen LogP contribution in [0.3, 0.4) is 0 Å². The molecule has 0 saturated heterocycles. The number of amides is 1. The summed E-state index contributed by atoms with van der Waals surface area (Å²) in [6, 6.07) is 5.58. The SMILES string of the molecule is Cc1c(Br)cccc1NC(=O)CCC(=O)OC(C)(C)C. The smallest absolute Gasteiger partial charge is 0.306 e. The highest BCUT2D eigenvalue weighted by Gasteiger charge is 2.17. The molecule has 0 aliphatic rings. The molecule has 0 saturated carbocycles. The molecule has 1 rings (SSSR count). The monoisotopic (exact) mass is 341 g/mol. The summed E-state index contributed by atoms with van der Waals surface area (Å²) in [5.41, 5.74) is 1.18. The number of halogens is 1. The maximum absolute atomic E-state index is 11.8. The van der Waals surface area contributed by atoms with Crippen molar-refractivity contribution in [1.29, 1.82) is 0 Å². The van der Waals surface area contributed by atoms with E-state index < -0.39 is 5.60 Å². The lowest BCUT2D eigenvalue weighted by Crippen LogP contribution is -2.24. The molecule has 0 spiro atoms. The van der Waals surface area contributed by atoms with E-state index in [9.17, 15) is 9.59 Å². The first kappa shape index (κ1) is 16.7. The van der Waals surface area contributed by atoms with E-state index in [0.717, 1.165) is 15.7 Å². The lowest BCUT2D eigenvalue weighted by Gasteiger charge is -2.19. The molecule has 5 heteroatoms. The van der Waals surface area contributed by atoms with Crippen LogP contribution in [0.5, 0.6) is 0 Å². The average molecular weight is 342 g/mol. The summed E-state index contributed by atoms with van der Waals surface area (Å²) in [6.07, 6.45) is 0.191. The molecule has 0 atom stereocenters. The standard InChI is InChI=1S/C15H20BrNO3/c1-10-11(16)6-5-7-12(10)17-13(18)8-9-14(19)20-15(2,3)4/h5-7H,8-9H2,1-4H3,(H,17,18). The predicted molar refractivity (Wildman–Crippen MR) is 82.6 cm³/mol. The van der Waals surface area contributed by atoms with Gasteiger partial charge in [-0.25, -0.2) is 0 Å². The van der Waals surface area contributed by atoms with Crippen molar-refractivity contribution in [2.45, 2.75) is 46.1 Å². The van der Waals surface area contributed by atoms with Gasteiger partial charge in [-0.1, -0.05) is 22.0 Å². The second-order valence-electron chi connectivity index (χ2n) is 5.55. The first-order valence-electron chi connectivity index (χ1n) is 6.46. The van der Waals surface area contributed by atoms with Crippen LogP contribution < -0.4 is 5.32 Å². The summed E-state index contributed by atoms with van der Waals surface area (Å²) < 4.78 is 6.09. The fourth-order valence-corrected chi connectivity index (χ4v) is 1.93. The highest BCUT2D eigenvalue weighted by molar-refractivity contribution is 9.10. The van der Waals surface area contributed by atoms with Crippen LogP contribution in [-0.2, 0) is 14.3 Å². The number of hydrogen-bond donors (Lipinski definition) is 1. The first-order valence-corrected chi connectivity index (χ1v) is 7.25. The van der Waals surface area contributed by atoms with Crippen molar-refractivity contribution >= 4 is 33.5 Å². The Morgan fingerprint density at radius 3 is 2.50 bits per heavy atom. The number of carbonyl (C=O) groups is 2. The molecule has 0 fully saturated rings. The zero-order valence-corrected chi connectivity index (χ0v) is 13.8. The third-order valence-electron chi connectivity index (χ3n) is 2.52. The lowest BCUT2D eigenvalue weighted by atomic mass is 10.2. The topological polar surface area (TPSA) is 55.4 Å². The van der Waals surface area contributed by atoms with Crippen LogP contribution in [0.1, 0.15) is 39.2 Å². The Morgan fingerprint density at radius 1 is 1.25 bits per heavy atom. The van der Waals surface area contributed by atoms with Crippen molar-refractivity contribution < 1.29 is 14.3 Å². The molecule has 1 N–H and O–H groups in total. The van der Waals surface area contributed by atoms with E-state index in [4.69, 9.17) is 4.74 Å². The molecule has 0 unspecified atom stereocenters. The Kier molecular flexibility index (Phi) is 5.74. The van der Waals surface area contributed by atoms with Gasteiger partial charge in [0.25, 0.3) is 0 Å². The second kappa shape index (κ2) is 6.88. The van der Waals surface area contributed by atoms with Gasteiger partial charge < -0.3 is 10.1 Å². The van der Waals surface area contributed by atoms with Crippen molar-refractivity contribution in [3.63, 3.8) is 0 Å². The minimum Gasteiger partial charge on any atom is -0.460 e. The number of carbonyl (C=O) groups excluding carboxylic acids is 2. The number of esters is 1. The molecule has 0 heterocycles. The Labute approximate surface area is 128 Å². The van der Waals surface area contributed by atoms with Gasteiger partial charge in [-0.15, -0.1) is 0 Å². The number of hydrogen-bond acceptors (Lipinski definition) is 3. The van der Waals surface area contributed by atoms with Crippen LogP contribution >= 0.6 is 15.9 Å².